The van der Waals surface area contributed by atoms with E-state index in [1.165, 1.54) is 0 Å². The largest absolute Gasteiger partial charge is 0.399 e. The molecule has 0 saturated carbocycles. The van der Waals surface area contributed by atoms with Gasteiger partial charge in [0.25, 0.3) is 0 Å². The Labute approximate surface area is 110 Å². The number of rotatable bonds is 9. The maximum absolute atomic E-state index is 5.81. The van der Waals surface area contributed by atoms with Crippen molar-refractivity contribution < 1.29 is 9.47 Å². The number of benzene rings is 1. The molecule has 0 heterocycles. The number of nitrogens with zero attached hydrogens (tertiary/aromatic N) is 1. The van der Waals surface area contributed by atoms with Crippen LogP contribution < -0.4 is 10.6 Å². The fourth-order valence-corrected chi connectivity index (χ4v) is 1.78. The lowest BCUT2D eigenvalue weighted by Gasteiger charge is -2.24. The summed E-state index contributed by atoms with van der Waals surface area (Å²) < 4.78 is 10.4. The summed E-state index contributed by atoms with van der Waals surface area (Å²) in [4.78, 5) is 2.29. The number of hydrogen-bond donors (Lipinski definition) is 1. The number of anilines is 2. The molecule has 4 nitrogen and oxygen atoms in total. The van der Waals surface area contributed by atoms with Crippen LogP contribution in [0.5, 0.6) is 0 Å². The zero-order valence-electron chi connectivity index (χ0n) is 11.4. The summed E-state index contributed by atoms with van der Waals surface area (Å²) >= 11 is 0. The van der Waals surface area contributed by atoms with Crippen molar-refractivity contribution in [1.29, 1.82) is 0 Å². The Bertz CT molecular complexity index is 331. The predicted octanol–water partition coefficient (Wildman–Crippen LogP) is 2.15. The van der Waals surface area contributed by atoms with Gasteiger partial charge in [-0.3, -0.25) is 0 Å². The lowest BCUT2D eigenvalue weighted by molar-refractivity contribution is 0.0740. The Balaban J connectivity index is 2.44. The highest BCUT2D eigenvalue weighted by molar-refractivity contribution is 5.55. The highest BCUT2D eigenvalue weighted by atomic mass is 16.5. The third-order valence-electron chi connectivity index (χ3n) is 2.67. The van der Waals surface area contributed by atoms with Gasteiger partial charge in [-0.1, -0.05) is 13.0 Å². The molecule has 0 spiro atoms. The van der Waals surface area contributed by atoms with Gasteiger partial charge in [0.2, 0.25) is 0 Å². The molecule has 0 unspecified atom stereocenters. The first-order valence-electron chi connectivity index (χ1n) is 6.45. The number of hydrogen-bond acceptors (Lipinski definition) is 4. The van der Waals surface area contributed by atoms with Crippen molar-refractivity contribution >= 4 is 11.4 Å². The summed E-state index contributed by atoms with van der Waals surface area (Å²) in [5.74, 6) is 0. The van der Waals surface area contributed by atoms with Crippen molar-refractivity contribution in [3.63, 3.8) is 0 Å². The number of nitrogen functional groups attached to an aromatic ring is 1. The van der Waals surface area contributed by atoms with Gasteiger partial charge in [-0.2, -0.15) is 0 Å². The van der Waals surface area contributed by atoms with Crippen LogP contribution in [0, 0.1) is 0 Å². The summed E-state index contributed by atoms with van der Waals surface area (Å²) in [7, 11) is 1.68. The van der Waals surface area contributed by atoms with Crippen molar-refractivity contribution in [2.45, 2.75) is 13.3 Å². The fraction of sp³-hybridized carbons (Fsp3) is 0.571. The molecule has 0 aliphatic heterocycles. The Kier molecular flexibility index (Phi) is 7.22. The molecule has 0 aromatic heterocycles. The molecule has 0 bridgehead atoms. The average Bonchev–Trinajstić information content (AvgIpc) is 2.37. The highest BCUT2D eigenvalue weighted by Gasteiger charge is 2.05. The van der Waals surface area contributed by atoms with Gasteiger partial charge in [0.15, 0.2) is 0 Å². The maximum Gasteiger partial charge on any atom is 0.0701 e. The second-order valence-electron chi connectivity index (χ2n) is 4.19. The monoisotopic (exact) mass is 252 g/mol. The van der Waals surface area contributed by atoms with Gasteiger partial charge < -0.3 is 20.1 Å². The van der Waals surface area contributed by atoms with E-state index < -0.39 is 0 Å². The molecular weight excluding hydrogens is 228 g/mol. The minimum Gasteiger partial charge on any atom is -0.399 e. The zero-order valence-corrected chi connectivity index (χ0v) is 11.4. The van der Waals surface area contributed by atoms with Crippen LogP contribution in [0.15, 0.2) is 24.3 Å². The molecule has 0 radical (unpaired) electrons. The van der Waals surface area contributed by atoms with E-state index in [-0.39, 0.29) is 0 Å². The molecule has 0 aliphatic rings. The number of ether oxygens (including phenoxy) is 2. The molecule has 0 atom stereocenters. The molecule has 1 rings (SSSR count). The second kappa shape index (κ2) is 8.78. The van der Waals surface area contributed by atoms with Gasteiger partial charge in [-0.05, 0) is 24.6 Å². The molecule has 0 aliphatic carbocycles. The molecule has 18 heavy (non-hydrogen) atoms. The molecule has 102 valence electrons. The highest BCUT2D eigenvalue weighted by Crippen LogP contribution is 2.17. The molecule has 0 fully saturated rings. The summed E-state index contributed by atoms with van der Waals surface area (Å²) in [5.41, 5.74) is 7.77. The van der Waals surface area contributed by atoms with E-state index in [2.05, 4.69) is 17.9 Å². The standard InChI is InChI=1S/C14H24N2O2/c1-3-7-16(8-9-18-11-10-17-2)14-6-4-5-13(15)12-14/h4-6,12H,3,7-11,15H2,1-2H3. The maximum atomic E-state index is 5.81. The third kappa shape index (κ3) is 5.38. The van der Waals surface area contributed by atoms with Crippen molar-refractivity contribution in [2.75, 3.05) is 50.7 Å². The summed E-state index contributed by atoms with van der Waals surface area (Å²) in [6.45, 7) is 6.06. The van der Waals surface area contributed by atoms with Crippen molar-refractivity contribution in [2.24, 2.45) is 0 Å². The number of nitrogens with two attached hydrogens (primary N) is 1. The third-order valence-corrected chi connectivity index (χ3v) is 2.67. The second-order valence-corrected chi connectivity index (χ2v) is 4.19. The van der Waals surface area contributed by atoms with Crippen molar-refractivity contribution in [3.05, 3.63) is 24.3 Å². The molecule has 1 aromatic carbocycles. The first-order valence-corrected chi connectivity index (χ1v) is 6.45. The summed E-state index contributed by atoms with van der Waals surface area (Å²) in [5, 5.41) is 0. The zero-order chi connectivity index (χ0) is 13.2. The lowest BCUT2D eigenvalue weighted by Crippen LogP contribution is -2.28. The topological polar surface area (TPSA) is 47.7 Å². The normalized spacial score (nSPS) is 10.6. The minimum atomic E-state index is 0.645. The van der Waals surface area contributed by atoms with Crippen LogP contribution in [0.1, 0.15) is 13.3 Å². The smallest absolute Gasteiger partial charge is 0.0701 e. The van der Waals surface area contributed by atoms with E-state index >= 15 is 0 Å². The molecule has 0 amide bonds. The molecular formula is C14H24N2O2. The molecule has 2 N–H and O–H groups in total. The Morgan fingerprint density at radius 2 is 2.00 bits per heavy atom. The van der Waals surface area contributed by atoms with E-state index in [0.29, 0.717) is 19.8 Å². The summed E-state index contributed by atoms with van der Waals surface area (Å²) in [6.07, 6.45) is 1.10. The van der Waals surface area contributed by atoms with Gasteiger partial charge in [0.05, 0.1) is 19.8 Å². The SMILES string of the molecule is CCCN(CCOCCOC)c1cccc(N)c1. The van der Waals surface area contributed by atoms with E-state index in [4.69, 9.17) is 15.2 Å². The molecule has 0 saturated heterocycles. The lowest BCUT2D eigenvalue weighted by atomic mass is 10.2. The van der Waals surface area contributed by atoms with Crippen LogP contribution in [0.4, 0.5) is 11.4 Å². The Hall–Kier alpha value is -1.26. The van der Waals surface area contributed by atoms with Crippen LogP contribution >= 0.6 is 0 Å². The Morgan fingerprint density at radius 3 is 2.67 bits per heavy atom. The average molecular weight is 252 g/mol. The van der Waals surface area contributed by atoms with Gasteiger partial charge in [-0.15, -0.1) is 0 Å². The van der Waals surface area contributed by atoms with Crippen LogP contribution in [-0.2, 0) is 9.47 Å². The predicted molar refractivity (Wildman–Crippen MR) is 76.1 cm³/mol. The van der Waals surface area contributed by atoms with Crippen LogP contribution in [-0.4, -0.2) is 40.0 Å². The van der Waals surface area contributed by atoms with Gasteiger partial charge in [0.1, 0.15) is 0 Å². The van der Waals surface area contributed by atoms with Gasteiger partial charge in [0, 0.05) is 31.6 Å². The fourth-order valence-electron chi connectivity index (χ4n) is 1.78. The van der Waals surface area contributed by atoms with Crippen molar-refractivity contribution in [1.82, 2.24) is 0 Å². The van der Waals surface area contributed by atoms with Crippen LogP contribution in [0.3, 0.4) is 0 Å². The Morgan fingerprint density at radius 1 is 1.17 bits per heavy atom. The van der Waals surface area contributed by atoms with Crippen molar-refractivity contribution in [3.8, 4) is 0 Å². The summed E-state index contributed by atoms with van der Waals surface area (Å²) in [6, 6.07) is 7.98. The minimum absolute atomic E-state index is 0.645. The van der Waals surface area contributed by atoms with E-state index in [1.54, 1.807) is 7.11 Å². The van der Waals surface area contributed by atoms with Gasteiger partial charge >= 0.3 is 0 Å². The van der Waals surface area contributed by atoms with Crippen LogP contribution in [0.25, 0.3) is 0 Å². The first-order chi connectivity index (χ1) is 8.77. The van der Waals surface area contributed by atoms with E-state index in [9.17, 15) is 0 Å². The number of methoxy groups -OCH3 is 1. The van der Waals surface area contributed by atoms with E-state index in [1.807, 2.05) is 18.2 Å². The van der Waals surface area contributed by atoms with E-state index in [0.717, 1.165) is 30.9 Å². The molecule has 4 heteroatoms. The molecule has 1 aromatic rings. The van der Waals surface area contributed by atoms with Crippen LogP contribution in [0.2, 0.25) is 0 Å². The first kappa shape index (κ1) is 14.8. The van der Waals surface area contributed by atoms with Gasteiger partial charge in [-0.25, -0.2) is 0 Å². The quantitative estimate of drug-likeness (QED) is 0.540.